The molecule has 0 N–H and O–H groups in total. The van der Waals surface area contributed by atoms with Crippen molar-refractivity contribution in [3.63, 3.8) is 0 Å². The Kier molecular flexibility index (Phi) is 6.37. The molecule has 0 fully saturated rings. The second-order valence-corrected chi connectivity index (χ2v) is 5.51. The van der Waals surface area contributed by atoms with Crippen LogP contribution in [0.25, 0.3) is 0 Å². The Morgan fingerprint density at radius 3 is 2.79 bits per heavy atom. The molecule has 1 rings (SSSR count). The van der Waals surface area contributed by atoms with Crippen LogP contribution in [0, 0.1) is 11.6 Å². The van der Waals surface area contributed by atoms with E-state index in [2.05, 4.69) is 15.9 Å². The van der Waals surface area contributed by atoms with Gasteiger partial charge in [0.15, 0.2) is 11.6 Å². The summed E-state index contributed by atoms with van der Waals surface area (Å²) in [4.78, 5) is 13.4. The quantitative estimate of drug-likeness (QED) is 0.747. The number of benzene rings is 1. The van der Waals surface area contributed by atoms with Gasteiger partial charge >= 0.3 is 0 Å². The lowest BCUT2D eigenvalue weighted by molar-refractivity contribution is -0.129. The molecule has 0 saturated carbocycles. The zero-order valence-electron chi connectivity index (χ0n) is 10.8. The summed E-state index contributed by atoms with van der Waals surface area (Å²) in [6.07, 6.45) is -0.160. The number of hydrogen-bond acceptors (Lipinski definition) is 2. The summed E-state index contributed by atoms with van der Waals surface area (Å²) in [5, 5.41) is 0. The highest BCUT2D eigenvalue weighted by atomic mass is 79.9. The molecular weight excluding hydrogens is 320 g/mol. The second kappa shape index (κ2) is 7.55. The molecule has 3 nitrogen and oxygen atoms in total. The summed E-state index contributed by atoms with van der Waals surface area (Å²) in [6, 6.07) is 3.82. The van der Waals surface area contributed by atoms with E-state index in [1.807, 2.05) is 0 Å². The lowest BCUT2D eigenvalue weighted by Gasteiger charge is -2.20. The molecule has 0 aliphatic carbocycles. The van der Waals surface area contributed by atoms with Crippen molar-refractivity contribution in [3.8, 4) is 0 Å². The number of nitrogens with zero attached hydrogens (tertiary/aromatic N) is 1. The van der Waals surface area contributed by atoms with Crippen molar-refractivity contribution >= 4 is 21.8 Å². The van der Waals surface area contributed by atoms with Crippen LogP contribution in [0.3, 0.4) is 0 Å². The van der Waals surface area contributed by atoms with Crippen LogP contribution >= 0.6 is 15.9 Å². The molecule has 0 aliphatic rings. The average Bonchev–Trinajstić information content (AvgIpc) is 2.35. The van der Waals surface area contributed by atoms with Crippen molar-refractivity contribution in [2.45, 2.75) is 11.2 Å². The molecule has 0 heterocycles. The number of rotatable bonds is 6. The van der Waals surface area contributed by atoms with Gasteiger partial charge in [-0.25, -0.2) is 8.78 Å². The van der Waals surface area contributed by atoms with Crippen LogP contribution in [0.5, 0.6) is 0 Å². The summed E-state index contributed by atoms with van der Waals surface area (Å²) in [6.45, 7) is 0.898. The summed E-state index contributed by atoms with van der Waals surface area (Å²) in [7, 11) is 3.18. The molecule has 0 aliphatic heterocycles. The Hall–Kier alpha value is -1.01. The van der Waals surface area contributed by atoms with Gasteiger partial charge in [-0.1, -0.05) is 28.1 Å². The first-order chi connectivity index (χ1) is 8.95. The fraction of sp³-hybridized carbons (Fsp3) is 0.462. The molecule has 1 amide bonds. The van der Waals surface area contributed by atoms with Crippen LogP contribution in [-0.2, 0) is 16.0 Å². The highest BCUT2D eigenvalue weighted by Gasteiger charge is 2.17. The van der Waals surface area contributed by atoms with E-state index in [-0.39, 0.29) is 22.7 Å². The van der Waals surface area contributed by atoms with Crippen LogP contribution < -0.4 is 0 Å². The van der Waals surface area contributed by atoms with Gasteiger partial charge < -0.3 is 9.64 Å². The Morgan fingerprint density at radius 1 is 1.47 bits per heavy atom. The molecule has 1 aromatic carbocycles. The third kappa shape index (κ3) is 4.87. The summed E-state index contributed by atoms with van der Waals surface area (Å²) in [5.41, 5.74) is 0.0645. The molecule has 6 heteroatoms. The van der Waals surface area contributed by atoms with E-state index in [0.717, 1.165) is 6.07 Å². The lowest BCUT2D eigenvalue weighted by Crippen LogP contribution is -2.34. The van der Waals surface area contributed by atoms with Crippen LogP contribution in [0.2, 0.25) is 0 Å². The van der Waals surface area contributed by atoms with E-state index >= 15 is 0 Å². The van der Waals surface area contributed by atoms with Crippen molar-refractivity contribution in [1.29, 1.82) is 0 Å². The van der Waals surface area contributed by atoms with Gasteiger partial charge in [-0.05, 0) is 6.07 Å². The van der Waals surface area contributed by atoms with Crippen LogP contribution in [0.1, 0.15) is 5.56 Å². The van der Waals surface area contributed by atoms with Gasteiger partial charge in [-0.15, -0.1) is 0 Å². The molecule has 0 aromatic heterocycles. The highest BCUT2D eigenvalue weighted by molar-refractivity contribution is 9.09. The zero-order valence-corrected chi connectivity index (χ0v) is 12.4. The fourth-order valence-corrected chi connectivity index (χ4v) is 2.31. The van der Waals surface area contributed by atoms with E-state index in [1.165, 1.54) is 17.0 Å². The smallest absolute Gasteiger partial charge is 0.226 e. The number of halogens is 3. The van der Waals surface area contributed by atoms with Gasteiger partial charge in [-0.2, -0.15) is 0 Å². The maximum Gasteiger partial charge on any atom is 0.226 e. The lowest BCUT2D eigenvalue weighted by atomic mass is 10.1. The van der Waals surface area contributed by atoms with Crippen LogP contribution in [0.15, 0.2) is 18.2 Å². The van der Waals surface area contributed by atoms with E-state index < -0.39 is 11.6 Å². The Balaban J connectivity index is 2.61. The average molecular weight is 336 g/mol. The summed E-state index contributed by atoms with van der Waals surface area (Å²) < 4.78 is 31.4. The molecule has 1 unspecified atom stereocenters. The fourth-order valence-electron chi connectivity index (χ4n) is 1.62. The number of methoxy groups -OCH3 is 1. The largest absolute Gasteiger partial charge is 0.383 e. The minimum Gasteiger partial charge on any atom is -0.383 e. The SMILES string of the molecule is COCC(Br)CN(C)C(=O)Cc1cccc(F)c1F. The number of amides is 1. The molecule has 0 saturated heterocycles. The molecule has 106 valence electrons. The van der Waals surface area contributed by atoms with E-state index in [4.69, 9.17) is 4.74 Å². The second-order valence-electron chi connectivity index (χ2n) is 4.22. The Morgan fingerprint density at radius 2 is 2.16 bits per heavy atom. The monoisotopic (exact) mass is 335 g/mol. The van der Waals surface area contributed by atoms with Gasteiger partial charge in [-0.3, -0.25) is 4.79 Å². The number of ether oxygens (including phenoxy) is 1. The van der Waals surface area contributed by atoms with Crippen molar-refractivity contribution in [2.24, 2.45) is 0 Å². The van der Waals surface area contributed by atoms with Gasteiger partial charge in [0.2, 0.25) is 5.91 Å². The third-order valence-corrected chi connectivity index (χ3v) is 3.17. The van der Waals surface area contributed by atoms with Gasteiger partial charge in [0.1, 0.15) is 0 Å². The summed E-state index contributed by atoms with van der Waals surface area (Å²) in [5.74, 6) is -2.17. The summed E-state index contributed by atoms with van der Waals surface area (Å²) >= 11 is 3.37. The topological polar surface area (TPSA) is 29.5 Å². The molecule has 1 aromatic rings. The predicted molar refractivity (Wildman–Crippen MR) is 72.3 cm³/mol. The number of carbonyl (C=O) groups is 1. The Bertz CT molecular complexity index is 443. The van der Waals surface area contributed by atoms with Gasteiger partial charge in [0, 0.05) is 26.3 Å². The maximum atomic E-state index is 13.4. The Labute approximate surface area is 119 Å². The van der Waals surface area contributed by atoms with Crippen LogP contribution in [-0.4, -0.2) is 42.9 Å². The van der Waals surface area contributed by atoms with Crippen molar-refractivity contribution in [1.82, 2.24) is 4.90 Å². The number of hydrogen-bond donors (Lipinski definition) is 0. The highest BCUT2D eigenvalue weighted by Crippen LogP contribution is 2.13. The molecule has 19 heavy (non-hydrogen) atoms. The van der Waals surface area contributed by atoms with E-state index in [0.29, 0.717) is 13.2 Å². The van der Waals surface area contributed by atoms with E-state index in [9.17, 15) is 13.6 Å². The molecular formula is C13H16BrF2NO2. The predicted octanol–water partition coefficient (Wildman–Crippen LogP) is 2.38. The maximum absolute atomic E-state index is 13.4. The van der Waals surface area contributed by atoms with Crippen molar-refractivity contribution in [3.05, 3.63) is 35.4 Å². The minimum atomic E-state index is -0.962. The van der Waals surface area contributed by atoms with E-state index in [1.54, 1.807) is 14.2 Å². The number of likely N-dealkylation sites (N-methyl/N-ethyl adjacent to an activating group) is 1. The first-order valence-electron chi connectivity index (χ1n) is 5.75. The third-order valence-electron chi connectivity index (χ3n) is 2.62. The zero-order chi connectivity index (χ0) is 14.4. The molecule has 0 spiro atoms. The van der Waals surface area contributed by atoms with Crippen LogP contribution in [0.4, 0.5) is 8.78 Å². The number of carbonyl (C=O) groups excluding carboxylic acids is 1. The molecule has 0 bridgehead atoms. The standard InChI is InChI=1S/C13H16BrF2NO2/c1-17(7-10(14)8-19-2)12(18)6-9-4-3-5-11(15)13(9)16/h3-5,10H,6-8H2,1-2H3. The van der Waals surface area contributed by atoms with Gasteiger partial charge in [0.25, 0.3) is 0 Å². The van der Waals surface area contributed by atoms with Crippen molar-refractivity contribution < 1.29 is 18.3 Å². The minimum absolute atomic E-state index is 0.00352. The molecule has 0 radical (unpaired) electrons. The number of alkyl halides is 1. The van der Waals surface area contributed by atoms with Crippen molar-refractivity contribution in [2.75, 3.05) is 27.3 Å². The first kappa shape index (κ1) is 16.0. The van der Waals surface area contributed by atoms with Gasteiger partial charge in [0.05, 0.1) is 17.9 Å². The first-order valence-corrected chi connectivity index (χ1v) is 6.67. The normalized spacial score (nSPS) is 12.3. The molecule has 1 atom stereocenters.